The van der Waals surface area contributed by atoms with Gasteiger partial charge in [-0.2, -0.15) is 0 Å². The highest BCUT2D eigenvalue weighted by Crippen LogP contribution is 2.33. The van der Waals surface area contributed by atoms with Gasteiger partial charge in [-0.05, 0) is 50.6 Å². The summed E-state index contributed by atoms with van der Waals surface area (Å²) >= 11 is 0. The van der Waals surface area contributed by atoms with E-state index in [4.69, 9.17) is 4.42 Å². The van der Waals surface area contributed by atoms with Gasteiger partial charge in [0, 0.05) is 49.6 Å². The Morgan fingerprint density at radius 3 is 2.73 bits per heavy atom. The third-order valence-corrected chi connectivity index (χ3v) is 5.65. The van der Waals surface area contributed by atoms with Crippen LogP contribution < -0.4 is 15.5 Å². The molecule has 3 aromatic heterocycles. The maximum Gasteiger partial charge on any atom is 0.259 e. The first-order valence-corrected chi connectivity index (χ1v) is 10.3. The minimum absolute atomic E-state index is 0.180. The number of aromatic nitrogens is 2. The minimum atomic E-state index is -0.180. The highest BCUT2D eigenvalue weighted by atomic mass is 16.3. The molecule has 5 rings (SSSR count). The summed E-state index contributed by atoms with van der Waals surface area (Å²) in [6, 6.07) is 7.90. The van der Waals surface area contributed by atoms with E-state index in [0.29, 0.717) is 11.1 Å². The molecule has 2 N–H and O–H groups in total. The van der Waals surface area contributed by atoms with Crippen molar-refractivity contribution in [1.82, 2.24) is 14.7 Å². The number of amides is 1. The summed E-state index contributed by atoms with van der Waals surface area (Å²) in [5, 5.41) is 7.42. The van der Waals surface area contributed by atoms with Crippen LogP contribution in [0.1, 0.15) is 27.4 Å². The standard InChI is InChI=1S/C23H25N5O2/c1-14-10-21-25-15(2)12-28(21)13-19(14)26-23(29)17-4-5-20(27-8-6-24-7-9-27)18-11-16(3)30-22(17)18/h4-5,10-13,24H,6-9H2,1-3H3,(H,26,29). The smallest absolute Gasteiger partial charge is 0.259 e. The highest BCUT2D eigenvalue weighted by Gasteiger charge is 2.21. The van der Waals surface area contributed by atoms with E-state index in [2.05, 4.69) is 20.5 Å². The Balaban J connectivity index is 1.51. The number of nitrogens with zero attached hydrogens (tertiary/aromatic N) is 3. The fourth-order valence-corrected chi connectivity index (χ4v) is 4.17. The average Bonchev–Trinajstić information content (AvgIpc) is 3.28. The summed E-state index contributed by atoms with van der Waals surface area (Å²) in [5.41, 5.74) is 5.82. The highest BCUT2D eigenvalue weighted by molar-refractivity contribution is 6.13. The van der Waals surface area contributed by atoms with Crippen LogP contribution in [-0.2, 0) is 0 Å². The number of carbonyl (C=O) groups is 1. The van der Waals surface area contributed by atoms with Crippen LogP contribution in [0, 0.1) is 20.8 Å². The molecular weight excluding hydrogens is 378 g/mol. The van der Waals surface area contributed by atoms with Gasteiger partial charge in [-0.3, -0.25) is 4.79 Å². The Labute approximate surface area is 174 Å². The van der Waals surface area contributed by atoms with Gasteiger partial charge in [-0.25, -0.2) is 4.98 Å². The quantitative estimate of drug-likeness (QED) is 0.546. The Morgan fingerprint density at radius 1 is 1.13 bits per heavy atom. The lowest BCUT2D eigenvalue weighted by Crippen LogP contribution is -2.43. The van der Waals surface area contributed by atoms with E-state index >= 15 is 0 Å². The van der Waals surface area contributed by atoms with Gasteiger partial charge in [0.15, 0.2) is 0 Å². The molecule has 1 amide bonds. The van der Waals surface area contributed by atoms with Crippen molar-refractivity contribution >= 4 is 33.9 Å². The molecule has 0 radical (unpaired) electrons. The second kappa shape index (κ2) is 7.18. The number of carbonyl (C=O) groups excluding carboxylic acids is 1. The first-order chi connectivity index (χ1) is 14.5. The normalized spacial score (nSPS) is 14.6. The second-order valence-electron chi connectivity index (χ2n) is 7.94. The average molecular weight is 403 g/mol. The molecule has 30 heavy (non-hydrogen) atoms. The zero-order valence-electron chi connectivity index (χ0n) is 17.5. The van der Waals surface area contributed by atoms with E-state index in [0.717, 1.165) is 65.6 Å². The minimum Gasteiger partial charge on any atom is -0.460 e. The van der Waals surface area contributed by atoms with Crippen LogP contribution in [0.3, 0.4) is 0 Å². The third kappa shape index (κ3) is 3.21. The number of piperazine rings is 1. The van der Waals surface area contributed by atoms with Crippen molar-refractivity contribution in [1.29, 1.82) is 0 Å². The first-order valence-electron chi connectivity index (χ1n) is 10.3. The molecule has 1 aliphatic heterocycles. The van der Waals surface area contributed by atoms with Gasteiger partial charge in [0.1, 0.15) is 17.0 Å². The van der Waals surface area contributed by atoms with E-state index < -0.39 is 0 Å². The van der Waals surface area contributed by atoms with E-state index in [1.807, 2.05) is 61.8 Å². The lowest BCUT2D eigenvalue weighted by atomic mass is 10.1. The number of benzene rings is 1. The van der Waals surface area contributed by atoms with Crippen molar-refractivity contribution in [2.75, 3.05) is 36.4 Å². The van der Waals surface area contributed by atoms with Crippen LogP contribution in [0.5, 0.6) is 0 Å². The number of imidazole rings is 1. The lowest BCUT2D eigenvalue weighted by Gasteiger charge is -2.30. The van der Waals surface area contributed by atoms with E-state index in [-0.39, 0.29) is 5.91 Å². The molecule has 0 atom stereocenters. The van der Waals surface area contributed by atoms with Gasteiger partial charge in [-0.1, -0.05) is 0 Å². The van der Waals surface area contributed by atoms with Crippen LogP contribution in [0.25, 0.3) is 16.6 Å². The number of hydrogen-bond donors (Lipinski definition) is 2. The maximum absolute atomic E-state index is 13.2. The molecule has 4 aromatic rings. The number of hydrogen-bond acceptors (Lipinski definition) is 5. The van der Waals surface area contributed by atoms with E-state index in [1.54, 1.807) is 0 Å². The van der Waals surface area contributed by atoms with Crippen LogP contribution in [0.4, 0.5) is 11.4 Å². The number of furan rings is 1. The Morgan fingerprint density at radius 2 is 1.93 bits per heavy atom. The molecule has 0 unspecified atom stereocenters. The summed E-state index contributed by atoms with van der Waals surface area (Å²) in [5.74, 6) is 0.619. The molecule has 0 saturated carbocycles. The number of nitrogens with one attached hydrogen (secondary N) is 2. The lowest BCUT2D eigenvalue weighted by molar-refractivity contribution is 0.102. The monoisotopic (exact) mass is 403 g/mol. The van der Waals surface area contributed by atoms with Gasteiger partial charge in [0.2, 0.25) is 0 Å². The number of aryl methyl sites for hydroxylation is 3. The van der Waals surface area contributed by atoms with Crippen molar-refractivity contribution in [2.24, 2.45) is 0 Å². The molecule has 0 aliphatic carbocycles. The zero-order valence-corrected chi connectivity index (χ0v) is 17.5. The van der Waals surface area contributed by atoms with Crippen LogP contribution in [-0.4, -0.2) is 41.5 Å². The Kier molecular flexibility index (Phi) is 4.47. The Hall–Kier alpha value is -3.32. The fourth-order valence-electron chi connectivity index (χ4n) is 4.17. The summed E-state index contributed by atoms with van der Waals surface area (Å²) in [7, 11) is 0. The SMILES string of the molecule is Cc1cn2cc(NC(=O)c3ccc(N4CCNCC4)c4cc(C)oc34)c(C)cc2n1. The van der Waals surface area contributed by atoms with Crippen molar-refractivity contribution in [3.05, 3.63) is 59.2 Å². The van der Waals surface area contributed by atoms with Crippen LogP contribution in [0.15, 0.2) is 41.1 Å². The molecule has 7 nitrogen and oxygen atoms in total. The van der Waals surface area contributed by atoms with Gasteiger partial charge in [-0.15, -0.1) is 0 Å². The number of pyridine rings is 1. The molecule has 1 aromatic carbocycles. The summed E-state index contributed by atoms with van der Waals surface area (Å²) < 4.78 is 7.90. The van der Waals surface area contributed by atoms with Crippen molar-refractivity contribution in [3.8, 4) is 0 Å². The van der Waals surface area contributed by atoms with E-state index in [9.17, 15) is 4.79 Å². The van der Waals surface area contributed by atoms with Gasteiger partial charge in [0.25, 0.3) is 5.91 Å². The topological polar surface area (TPSA) is 74.8 Å². The predicted octanol–water partition coefficient (Wildman–Crippen LogP) is 3.67. The van der Waals surface area contributed by atoms with Crippen molar-refractivity contribution < 1.29 is 9.21 Å². The van der Waals surface area contributed by atoms with Gasteiger partial charge in [0.05, 0.1) is 16.9 Å². The summed E-state index contributed by atoms with van der Waals surface area (Å²) in [4.78, 5) is 20.0. The molecule has 0 spiro atoms. The van der Waals surface area contributed by atoms with Crippen molar-refractivity contribution in [3.63, 3.8) is 0 Å². The molecule has 154 valence electrons. The molecular formula is C23H25N5O2. The number of fused-ring (bicyclic) bond motifs is 2. The fraction of sp³-hybridized carbons (Fsp3) is 0.304. The van der Waals surface area contributed by atoms with E-state index in [1.165, 1.54) is 0 Å². The van der Waals surface area contributed by atoms with Gasteiger partial charge >= 0.3 is 0 Å². The molecule has 0 bridgehead atoms. The van der Waals surface area contributed by atoms with Crippen LogP contribution >= 0.6 is 0 Å². The largest absolute Gasteiger partial charge is 0.460 e. The zero-order chi connectivity index (χ0) is 20.8. The molecule has 1 fully saturated rings. The molecule has 7 heteroatoms. The van der Waals surface area contributed by atoms with Gasteiger partial charge < -0.3 is 24.4 Å². The second-order valence-corrected chi connectivity index (χ2v) is 7.94. The van der Waals surface area contributed by atoms with Crippen LogP contribution in [0.2, 0.25) is 0 Å². The molecule has 4 heterocycles. The maximum atomic E-state index is 13.2. The molecule has 1 saturated heterocycles. The first kappa shape index (κ1) is 18.7. The van der Waals surface area contributed by atoms with Crippen molar-refractivity contribution in [2.45, 2.75) is 20.8 Å². The third-order valence-electron chi connectivity index (χ3n) is 5.65. The number of anilines is 2. The summed E-state index contributed by atoms with van der Waals surface area (Å²) in [6.45, 7) is 9.63. The molecule has 1 aliphatic rings. The summed E-state index contributed by atoms with van der Waals surface area (Å²) in [6.07, 6.45) is 3.85. The number of rotatable bonds is 3. The predicted molar refractivity (Wildman–Crippen MR) is 119 cm³/mol. The Bertz CT molecular complexity index is 1260.